The van der Waals surface area contributed by atoms with Crippen molar-refractivity contribution in [2.75, 3.05) is 23.3 Å². The Morgan fingerprint density at radius 1 is 0.926 bits per heavy atom. The van der Waals surface area contributed by atoms with Crippen molar-refractivity contribution in [2.24, 2.45) is 0 Å². The van der Waals surface area contributed by atoms with Crippen LogP contribution in [0.4, 0.5) is 16.2 Å². The fourth-order valence-electron chi connectivity index (χ4n) is 6.10. The number of carboxylic acid groups (broad SMARTS) is 1. The maximum Gasteiger partial charge on any atom is 0.407 e. The molecule has 14 nitrogen and oxygen atoms in total. The first-order valence-electron chi connectivity index (χ1n) is 17.5. The number of hydrogen-bond donors (Lipinski definition) is 4. The van der Waals surface area contributed by atoms with Gasteiger partial charge >= 0.3 is 12.1 Å². The van der Waals surface area contributed by atoms with Gasteiger partial charge in [-0.3, -0.25) is 14.2 Å². The summed E-state index contributed by atoms with van der Waals surface area (Å²) in [5.74, 6) is -1.21. The van der Waals surface area contributed by atoms with Gasteiger partial charge in [0.15, 0.2) is 0 Å². The van der Waals surface area contributed by atoms with Crippen molar-refractivity contribution >= 4 is 56.3 Å². The van der Waals surface area contributed by atoms with Crippen LogP contribution in [-0.4, -0.2) is 77.3 Å². The zero-order chi connectivity index (χ0) is 38.2. The molecule has 0 aliphatic carbocycles. The van der Waals surface area contributed by atoms with Crippen LogP contribution >= 0.6 is 15.9 Å². The largest absolute Gasteiger partial charge is 0.478 e. The lowest BCUT2D eigenvalue weighted by molar-refractivity contribution is 0.0499. The normalized spacial score (nSPS) is 14.2. The number of nitrogens with one attached hydrogen (secondary N) is 3. The van der Waals surface area contributed by atoms with Crippen LogP contribution in [0.15, 0.2) is 102 Å². The Kier molecular flexibility index (Phi) is 11.8. The van der Waals surface area contributed by atoms with E-state index in [9.17, 15) is 14.4 Å². The lowest BCUT2D eigenvalue weighted by Gasteiger charge is -2.36. The number of piperidine rings is 1. The van der Waals surface area contributed by atoms with Crippen LogP contribution in [-0.2, 0) is 17.8 Å². The number of hydrogen-bond acceptors (Lipinski definition) is 8. The Hall–Kier alpha value is -5.96. The Bertz CT molecular complexity index is 2210. The number of pyridine rings is 1. The summed E-state index contributed by atoms with van der Waals surface area (Å²) < 4.78 is 9.61. The van der Waals surface area contributed by atoms with E-state index >= 15 is 0 Å². The summed E-state index contributed by atoms with van der Waals surface area (Å²) in [6.07, 6.45) is 11.0. The number of benzene rings is 2. The summed E-state index contributed by atoms with van der Waals surface area (Å²) in [6, 6.07) is 19.7. The predicted molar refractivity (Wildman–Crippen MR) is 209 cm³/mol. The lowest BCUT2D eigenvalue weighted by Crippen LogP contribution is -2.49. The van der Waals surface area contributed by atoms with Crippen LogP contribution in [0, 0.1) is 0 Å². The molecule has 4 N–H and O–H groups in total. The number of nitrogens with zero attached hydrogens (tertiary/aromatic N) is 6. The third-order valence-corrected chi connectivity index (χ3v) is 9.07. The zero-order valence-electron chi connectivity index (χ0n) is 30.2. The number of rotatable bonds is 9. The van der Waals surface area contributed by atoms with Crippen molar-refractivity contribution in [3.63, 3.8) is 0 Å². The number of anilines is 2. The number of H-pyrrole nitrogens is 1. The first-order valence-corrected chi connectivity index (χ1v) is 18.3. The van der Waals surface area contributed by atoms with Crippen LogP contribution in [0.5, 0.6) is 0 Å². The summed E-state index contributed by atoms with van der Waals surface area (Å²) in [4.78, 5) is 46.1. The van der Waals surface area contributed by atoms with E-state index in [-0.39, 0.29) is 17.5 Å². The van der Waals surface area contributed by atoms with E-state index in [2.05, 4.69) is 51.6 Å². The number of halogens is 1. The Morgan fingerprint density at radius 3 is 2.13 bits per heavy atom. The zero-order valence-corrected chi connectivity index (χ0v) is 31.8. The molecule has 0 spiro atoms. The third-order valence-electron chi connectivity index (χ3n) is 8.49. The summed E-state index contributed by atoms with van der Waals surface area (Å²) in [5, 5.41) is 23.9. The minimum absolute atomic E-state index is 0.0730. The molecule has 2 aromatic carbocycles. The van der Waals surface area contributed by atoms with Gasteiger partial charge < -0.3 is 30.4 Å². The molecule has 54 heavy (non-hydrogen) atoms. The van der Waals surface area contributed by atoms with Gasteiger partial charge in [-0.15, -0.1) is 0 Å². The molecule has 0 bridgehead atoms. The second-order valence-electron chi connectivity index (χ2n) is 13.9. The van der Waals surface area contributed by atoms with E-state index < -0.39 is 17.7 Å². The molecule has 1 saturated heterocycles. The topological polar surface area (TPSA) is 172 Å². The number of carbonyl (C=O) groups is 3. The molecule has 15 heteroatoms. The molecule has 2 amide bonds. The summed E-state index contributed by atoms with van der Waals surface area (Å²) in [6.45, 7) is 8.11. The molecule has 1 fully saturated rings. The second kappa shape index (κ2) is 16.8. The van der Waals surface area contributed by atoms with Gasteiger partial charge in [-0.25, -0.2) is 14.6 Å². The molecule has 280 valence electrons. The number of aromatic carboxylic acids is 1. The molecule has 0 saturated carbocycles. The van der Waals surface area contributed by atoms with Gasteiger partial charge in [-0.05, 0) is 60.7 Å². The molecule has 0 unspecified atom stereocenters. The van der Waals surface area contributed by atoms with Gasteiger partial charge in [0, 0.05) is 43.9 Å². The molecule has 4 aromatic heterocycles. The number of ether oxygens (including phenoxy) is 1. The van der Waals surface area contributed by atoms with Crippen LogP contribution in [0.1, 0.15) is 65.5 Å². The molecule has 1 aliphatic rings. The van der Waals surface area contributed by atoms with E-state index in [1.54, 1.807) is 34.2 Å². The average Bonchev–Trinajstić information content (AvgIpc) is 3.90. The molecule has 5 heterocycles. The molecule has 1 atom stereocenters. The number of aromatic nitrogens is 6. The molecule has 6 aromatic rings. The van der Waals surface area contributed by atoms with Crippen LogP contribution in [0.25, 0.3) is 11.0 Å². The number of carboxylic acids is 1. The minimum Gasteiger partial charge on any atom is -0.478 e. The van der Waals surface area contributed by atoms with Gasteiger partial charge in [-0.2, -0.15) is 10.2 Å². The quantitative estimate of drug-likeness (QED) is 0.121. The first-order chi connectivity index (χ1) is 25.9. The Labute approximate surface area is 320 Å². The maximum atomic E-state index is 13.2. The Balaban J connectivity index is 0.000000276. The average molecular weight is 797 g/mol. The van der Waals surface area contributed by atoms with Crippen molar-refractivity contribution in [1.29, 1.82) is 0 Å². The van der Waals surface area contributed by atoms with Crippen molar-refractivity contribution in [2.45, 2.75) is 58.3 Å². The number of fused-ring (bicyclic) bond motifs is 1. The van der Waals surface area contributed by atoms with Gasteiger partial charge in [0.25, 0.3) is 5.91 Å². The molecule has 1 aliphatic heterocycles. The monoisotopic (exact) mass is 795 g/mol. The molecular weight excluding hydrogens is 754 g/mol. The van der Waals surface area contributed by atoms with Gasteiger partial charge in [0.1, 0.15) is 11.2 Å². The lowest BCUT2D eigenvalue weighted by atomic mass is 10.0. The highest BCUT2D eigenvalue weighted by Gasteiger charge is 2.28. The van der Waals surface area contributed by atoms with E-state index in [1.165, 1.54) is 12.4 Å². The fraction of sp³-hybridized carbons (Fsp3) is 0.282. The number of alkyl carbamates (subject to hydrolysis) is 1. The van der Waals surface area contributed by atoms with Crippen molar-refractivity contribution < 1.29 is 24.2 Å². The Morgan fingerprint density at radius 2 is 1.54 bits per heavy atom. The SMILES string of the molecule is CC(C)(C)OC(=O)N[C@@H]1CCCN(c2c(Br)cnc3[nH]cc(NC(=O)c4cnn(Cc5ccccc5)c4)c23)C1.O=C(O)c1cnn(Cc2ccccc2)c1. The van der Waals surface area contributed by atoms with Crippen molar-refractivity contribution in [3.05, 3.63) is 125 Å². The molecule has 7 rings (SSSR count). The maximum absolute atomic E-state index is 13.2. The summed E-state index contributed by atoms with van der Waals surface area (Å²) >= 11 is 3.67. The highest BCUT2D eigenvalue weighted by Crippen LogP contribution is 2.39. The van der Waals surface area contributed by atoms with Crippen molar-refractivity contribution in [1.82, 2.24) is 34.8 Å². The predicted octanol–water partition coefficient (Wildman–Crippen LogP) is 6.95. The number of amides is 2. The standard InChI is InChI=1S/C28H32BrN7O3.C11H10N2O2/c1-28(2,3)39-27(38)33-20-10-7-11-35(17-20)24-21(29)13-30-25-23(24)22(14-31-25)34-26(37)19-12-32-36(16-19)15-18-8-5-4-6-9-18;14-11(15)10-6-12-13(8-10)7-9-4-2-1-3-5-9/h4-6,8-9,12-14,16,20H,7,10-11,15,17H2,1-3H3,(H,30,31)(H,33,38)(H,34,37);1-6,8H,7H2,(H,14,15)/t20-;/m1./s1. The third kappa shape index (κ3) is 9.92. The van der Waals surface area contributed by atoms with E-state index in [4.69, 9.17) is 9.84 Å². The smallest absolute Gasteiger partial charge is 0.407 e. The molecule has 0 radical (unpaired) electrons. The van der Waals surface area contributed by atoms with Gasteiger partial charge in [-0.1, -0.05) is 60.7 Å². The number of carbonyl (C=O) groups excluding carboxylic acids is 2. The van der Waals surface area contributed by atoms with E-state index in [0.717, 1.165) is 46.1 Å². The highest BCUT2D eigenvalue weighted by molar-refractivity contribution is 9.10. The van der Waals surface area contributed by atoms with Crippen LogP contribution < -0.4 is 15.5 Å². The molecular formula is C39H42BrN9O5. The summed E-state index contributed by atoms with van der Waals surface area (Å²) in [5.41, 5.74) is 4.50. The summed E-state index contributed by atoms with van der Waals surface area (Å²) in [7, 11) is 0. The highest BCUT2D eigenvalue weighted by atomic mass is 79.9. The first kappa shape index (κ1) is 37.8. The van der Waals surface area contributed by atoms with Crippen molar-refractivity contribution in [3.8, 4) is 0 Å². The number of aromatic amines is 1. The fourth-order valence-corrected chi connectivity index (χ4v) is 6.65. The van der Waals surface area contributed by atoms with E-state index in [0.29, 0.717) is 36.5 Å². The van der Waals surface area contributed by atoms with Crippen LogP contribution in [0.2, 0.25) is 0 Å². The van der Waals surface area contributed by atoms with Crippen LogP contribution in [0.3, 0.4) is 0 Å². The van der Waals surface area contributed by atoms with Gasteiger partial charge in [0.2, 0.25) is 0 Å². The van der Waals surface area contributed by atoms with E-state index in [1.807, 2.05) is 81.4 Å². The van der Waals surface area contributed by atoms with Gasteiger partial charge in [0.05, 0.1) is 57.8 Å². The second-order valence-corrected chi connectivity index (χ2v) is 14.8. The minimum atomic E-state index is -0.950.